The molecule has 4 aromatic rings. The number of nitrogens with zero attached hydrogens (tertiary/aromatic N) is 3. The predicted octanol–water partition coefficient (Wildman–Crippen LogP) is 4.44. The van der Waals surface area contributed by atoms with Crippen LogP contribution in [-0.4, -0.2) is 36.5 Å². The summed E-state index contributed by atoms with van der Waals surface area (Å²) in [6, 6.07) is 18.0. The number of benzene rings is 2. The van der Waals surface area contributed by atoms with E-state index in [1.165, 1.54) is 30.0 Å². The van der Waals surface area contributed by atoms with Crippen molar-refractivity contribution in [1.82, 2.24) is 14.8 Å². The Labute approximate surface area is 175 Å². The first-order valence-corrected chi connectivity index (χ1v) is 10.7. The second-order valence-electron chi connectivity index (χ2n) is 6.27. The highest BCUT2D eigenvalue weighted by Crippen LogP contribution is 2.29. The number of thiophene rings is 1. The van der Waals surface area contributed by atoms with Crippen LogP contribution < -0.4 is 0 Å². The maximum absolute atomic E-state index is 12.5. The number of ketones is 1. The van der Waals surface area contributed by atoms with Crippen molar-refractivity contribution in [3.63, 3.8) is 0 Å². The second kappa shape index (κ2) is 8.50. The van der Waals surface area contributed by atoms with E-state index in [-0.39, 0.29) is 23.0 Å². The van der Waals surface area contributed by atoms with Gasteiger partial charge in [-0.25, -0.2) is 0 Å². The highest BCUT2D eigenvalue weighted by molar-refractivity contribution is 7.99. The zero-order chi connectivity index (χ0) is 20.2. The average Bonchev–Trinajstić information content (AvgIpc) is 3.39. The summed E-state index contributed by atoms with van der Waals surface area (Å²) in [6.45, 7) is 0.595. The fourth-order valence-electron chi connectivity index (χ4n) is 2.80. The number of carbonyl (C=O) groups excluding carboxylic acids is 1. The van der Waals surface area contributed by atoms with Gasteiger partial charge in [-0.2, -0.15) is 0 Å². The molecule has 2 aromatic heterocycles. The van der Waals surface area contributed by atoms with Gasteiger partial charge in [0.2, 0.25) is 0 Å². The number of phenolic OH excluding ortho intramolecular Hbond substituents is 2. The summed E-state index contributed by atoms with van der Waals surface area (Å²) in [5.41, 5.74) is 1.45. The molecule has 4 rings (SSSR count). The van der Waals surface area contributed by atoms with Gasteiger partial charge in [-0.15, -0.1) is 21.5 Å². The van der Waals surface area contributed by atoms with Crippen LogP contribution >= 0.6 is 23.1 Å². The van der Waals surface area contributed by atoms with Crippen molar-refractivity contribution >= 4 is 28.9 Å². The predicted molar refractivity (Wildman–Crippen MR) is 114 cm³/mol. The highest BCUT2D eigenvalue weighted by atomic mass is 32.2. The van der Waals surface area contributed by atoms with Crippen molar-refractivity contribution in [2.24, 2.45) is 0 Å². The Bertz CT molecular complexity index is 1130. The van der Waals surface area contributed by atoms with E-state index in [9.17, 15) is 15.0 Å². The van der Waals surface area contributed by atoms with Crippen molar-refractivity contribution < 1.29 is 15.0 Å². The maximum Gasteiger partial charge on any atom is 0.192 e. The van der Waals surface area contributed by atoms with Crippen LogP contribution in [0, 0.1) is 0 Å². The lowest BCUT2D eigenvalue weighted by molar-refractivity contribution is 0.102. The standard InChI is InChI=1S/C21H17N3O3S2/c25-16-9-8-15(11-17(16)26)18(27)13-29-21-23-22-20(19-7-4-10-28-19)24(21)12-14-5-2-1-3-6-14/h1-11,25-26H,12-13H2. The fraction of sp³-hybridized carbons (Fsp3) is 0.0952. The molecule has 0 atom stereocenters. The van der Waals surface area contributed by atoms with Crippen LogP contribution in [0.15, 0.2) is 71.2 Å². The number of aromatic nitrogens is 3. The molecule has 0 fully saturated rings. The van der Waals surface area contributed by atoms with Gasteiger partial charge in [-0.05, 0) is 35.2 Å². The first kappa shape index (κ1) is 19.2. The number of hydrogen-bond donors (Lipinski definition) is 2. The Morgan fingerprint density at radius 3 is 2.55 bits per heavy atom. The molecule has 0 aliphatic rings. The van der Waals surface area contributed by atoms with E-state index in [1.807, 2.05) is 52.4 Å². The SMILES string of the molecule is O=C(CSc1nnc(-c2cccs2)n1Cc1ccccc1)c1ccc(O)c(O)c1. The minimum atomic E-state index is -0.312. The summed E-state index contributed by atoms with van der Waals surface area (Å²) in [6.07, 6.45) is 0. The quantitative estimate of drug-likeness (QED) is 0.260. The lowest BCUT2D eigenvalue weighted by atomic mass is 10.1. The first-order chi connectivity index (χ1) is 14.1. The first-order valence-electron chi connectivity index (χ1n) is 8.81. The van der Waals surface area contributed by atoms with E-state index >= 15 is 0 Å². The molecule has 0 spiro atoms. The van der Waals surface area contributed by atoms with E-state index in [0.29, 0.717) is 17.3 Å². The van der Waals surface area contributed by atoms with Gasteiger partial charge in [-0.1, -0.05) is 48.2 Å². The van der Waals surface area contributed by atoms with Crippen LogP contribution in [0.3, 0.4) is 0 Å². The third-order valence-electron chi connectivity index (χ3n) is 4.27. The average molecular weight is 424 g/mol. The summed E-state index contributed by atoms with van der Waals surface area (Å²) in [4.78, 5) is 13.5. The monoisotopic (exact) mass is 423 g/mol. The Kier molecular flexibility index (Phi) is 5.64. The summed E-state index contributed by atoms with van der Waals surface area (Å²) in [5, 5.41) is 30.3. The zero-order valence-electron chi connectivity index (χ0n) is 15.2. The van der Waals surface area contributed by atoms with Crippen molar-refractivity contribution in [2.75, 3.05) is 5.75 Å². The molecule has 0 aliphatic carbocycles. The van der Waals surface area contributed by atoms with Crippen LogP contribution in [0.1, 0.15) is 15.9 Å². The van der Waals surface area contributed by atoms with Gasteiger partial charge in [0.15, 0.2) is 28.3 Å². The summed E-state index contributed by atoms with van der Waals surface area (Å²) >= 11 is 2.88. The minimum Gasteiger partial charge on any atom is -0.504 e. The van der Waals surface area contributed by atoms with E-state index in [2.05, 4.69) is 10.2 Å². The third-order valence-corrected chi connectivity index (χ3v) is 6.10. The third kappa shape index (κ3) is 4.33. The lowest BCUT2D eigenvalue weighted by Crippen LogP contribution is -2.06. The molecule has 6 nitrogen and oxygen atoms in total. The largest absolute Gasteiger partial charge is 0.504 e. The number of hydrogen-bond acceptors (Lipinski definition) is 7. The number of thioether (sulfide) groups is 1. The molecule has 0 saturated heterocycles. The van der Waals surface area contributed by atoms with Gasteiger partial charge in [0.05, 0.1) is 17.2 Å². The molecule has 2 aromatic carbocycles. The van der Waals surface area contributed by atoms with Crippen LogP contribution in [-0.2, 0) is 6.54 Å². The normalized spacial score (nSPS) is 10.9. The van der Waals surface area contributed by atoms with E-state index in [1.54, 1.807) is 11.3 Å². The molecule has 0 bridgehead atoms. The minimum absolute atomic E-state index is 0.140. The Hall–Kier alpha value is -3.10. The summed E-state index contributed by atoms with van der Waals surface area (Å²) < 4.78 is 2.01. The maximum atomic E-state index is 12.5. The van der Waals surface area contributed by atoms with Crippen LogP contribution in [0.4, 0.5) is 0 Å². The van der Waals surface area contributed by atoms with Crippen molar-refractivity contribution in [1.29, 1.82) is 0 Å². The number of rotatable bonds is 7. The van der Waals surface area contributed by atoms with Gasteiger partial charge in [0.1, 0.15) is 0 Å². The van der Waals surface area contributed by atoms with Gasteiger partial charge in [0.25, 0.3) is 0 Å². The van der Waals surface area contributed by atoms with Gasteiger partial charge >= 0.3 is 0 Å². The molecule has 0 radical (unpaired) electrons. The molecular weight excluding hydrogens is 406 g/mol. The zero-order valence-corrected chi connectivity index (χ0v) is 16.9. The van der Waals surface area contributed by atoms with Gasteiger partial charge < -0.3 is 10.2 Å². The molecule has 2 N–H and O–H groups in total. The lowest BCUT2D eigenvalue weighted by Gasteiger charge is -2.09. The number of aromatic hydroxyl groups is 2. The van der Waals surface area contributed by atoms with Crippen LogP contribution in [0.2, 0.25) is 0 Å². The molecule has 0 unspecified atom stereocenters. The van der Waals surface area contributed by atoms with Gasteiger partial charge in [0, 0.05) is 5.56 Å². The molecule has 0 aliphatic heterocycles. The Morgan fingerprint density at radius 1 is 1.00 bits per heavy atom. The van der Waals surface area contributed by atoms with Crippen molar-refractivity contribution in [3.05, 3.63) is 77.2 Å². The number of phenols is 2. The van der Waals surface area contributed by atoms with E-state index < -0.39 is 0 Å². The molecule has 8 heteroatoms. The smallest absolute Gasteiger partial charge is 0.192 e. The van der Waals surface area contributed by atoms with Crippen molar-refractivity contribution in [3.8, 4) is 22.2 Å². The molecule has 29 heavy (non-hydrogen) atoms. The fourth-order valence-corrected chi connectivity index (χ4v) is 4.35. The molecule has 2 heterocycles. The number of Topliss-reactive ketones (excluding diaryl/α,β-unsaturated/α-hetero) is 1. The van der Waals surface area contributed by atoms with Crippen LogP contribution in [0.25, 0.3) is 10.7 Å². The summed E-state index contributed by atoms with van der Waals surface area (Å²) in [7, 11) is 0. The highest BCUT2D eigenvalue weighted by Gasteiger charge is 2.17. The summed E-state index contributed by atoms with van der Waals surface area (Å²) in [5.74, 6) is 0.172. The second-order valence-corrected chi connectivity index (χ2v) is 8.16. The Morgan fingerprint density at radius 2 is 1.83 bits per heavy atom. The molecule has 0 amide bonds. The molecular formula is C21H17N3O3S2. The topological polar surface area (TPSA) is 88.2 Å². The molecule has 0 saturated carbocycles. The van der Waals surface area contributed by atoms with E-state index in [4.69, 9.17) is 0 Å². The Balaban J connectivity index is 1.58. The van der Waals surface area contributed by atoms with Crippen molar-refractivity contribution in [2.45, 2.75) is 11.7 Å². The van der Waals surface area contributed by atoms with E-state index in [0.717, 1.165) is 16.3 Å². The van der Waals surface area contributed by atoms with Crippen LogP contribution in [0.5, 0.6) is 11.5 Å². The number of carbonyl (C=O) groups is 1. The molecule has 146 valence electrons. The van der Waals surface area contributed by atoms with Gasteiger partial charge in [-0.3, -0.25) is 9.36 Å².